The molecule has 2 aromatic carbocycles. The molecule has 0 atom stereocenters. The van der Waals surface area contributed by atoms with E-state index in [1.54, 1.807) is 19.2 Å². The second-order valence-electron chi connectivity index (χ2n) is 6.76. The van der Waals surface area contributed by atoms with Crippen molar-refractivity contribution in [3.05, 3.63) is 56.0 Å². The standard InChI is InChI=1S/C21H25BrCl2N2O3/c1-27-20-11-16(13-25-4-5-26-6-8-28-9-7-26)17(22)12-21(20)29-14-15-2-3-18(23)19(24)10-15/h2-3,10-12,25H,4-9,13-14H2,1H3. The van der Waals surface area contributed by atoms with Crippen molar-refractivity contribution in [2.75, 3.05) is 46.5 Å². The minimum Gasteiger partial charge on any atom is -0.493 e. The predicted molar refractivity (Wildman–Crippen MR) is 120 cm³/mol. The van der Waals surface area contributed by atoms with Crippen LogP contribution in [0.1, 0.15) is 11.1 Å². The Morgan fingerprint density at radius 2 is 1.90 bits per heavy atom. The van der Waals surface area contributed by atoms with E-state index >= 15 is 0 Å². The average molecular weight is 504 g/mol. The third-order valence-corrected chi connectivity index (χ3v) is 6.21. The molecular formula is C21H25BrCl2N2O3. The molecule has 1 N–H and O–H groups in total. The van der Waals surface area contributed by atoms with Gasteiger partial charge in [-0.15, -0.1) is 0 Å². The molecule has 1 heterocycles. The van der Waals surface area contributed by atoms with Crippen LogP contribution in [0.5, 0.6) is 11.5 Å². The second-order valence-corrected chi connectivity index (χ2v) is 8.43. The highest BCUT2D eigenvalue weighted by Crippen LogP contribution is 2.34. The Balaban J connectivity index is 1.55. The fourth-order valence-corrected chi connectivity index (χ4v) is 3.84. The van der Waals surface area contributed by atoms with E-state index in [1.807, 2.05) is 18.2 Å². The summed E-state index contributed by atoms with van der Waals surface area (Å²) in [6.45, 7) is 6.71. The maximum Gasteiger partial charge on any atom is 0.162 e. The van der Waals surface area contributed by atoms with Gasteiger partial charge in [-0.05, 0) is 35.4 Å². The van der Waals surface area contributed by atoms with Crippen LogP contribution in [0, 0.1) is 0 Å². The number of rotatable bonds is 9. The average Bonchev–Trinajstić information content (AvgIpc) is 2.73. The first-order chi connectivity index (χ1) is 14.1. The zero-order valence-corrected chi connectivity index (χ0v) is 19.4. The van der Waals surface area contributed by atoms with Crippen LogP contribution in [-0.4, -0.2) is 51.4 Å². The summed E-state index contributed by atoms with van der Waals surface area (Å²) in [5, 5.41) is 4.54. The summed E-state index contributed by atoms with van der Waals surface area (Å²) in [6, 6.07) is 9.40. The summed E-state index contributed by atoms with van der Waals surface area (Å²) in [5.74, 6) is 1.36. The van der Waals surface area contributed by atoms with E-state index in [9.17, 15) is 0 Å². The molecule has 0 radical (unpaired) electrons. The van der Waals surface area contributed by atoms with E-state index in [2.05, 4.69) is 26.1 Å². The number of halogens is 3. The zero-order chi connectivity index (χ0) is 20.6. The van der Waals surface area contributed by atoms with Crippen LogP contribution in [0.25, 0.3) is 0 Å². The number of hydrogen-bond acceptors (Lipinski definition) is 5. The largest absolute Gasteiger partial charge is 0.493 e. The van der Waals surface area contributed by atoms with Crippen LogP contribution in [-0.2, 0) is 17.9 Å². The van der Waals surface area contributed by atoms with Crippen LogP contribution in [0.2, 0.25) is 10.0 Å². The van der Waals surface area contributed by atoms with Crippen molar-refractivity contribution in [1.82, 2.24) is 10.2 Å². The third-order valence-electron chi connectivity index (χ3n) is 4.73. The number of methoxy groups -OCH3 is 1. The van der Waals surface area contributed by atoms with Crippen LogP contribution in [0.15, 0.2) is 34.8 Å². The van der Waals surface area contributed by atoms with Crippen molar-refractivity contribution in [3.63, 3.8) is 0 Å². The van der Waals surface area contributed by atoms with Gasteiger partial charge in [0.05, 0.1) is 30.4 Å². The molecule has 158 valence electrons. The maximum absolute atomic E-state index is 6.07. The van der Waals surface area contributed by atoms with Gasteiger partial charge < -0.3 is 19.5 Å². The molecule has 3 rings (SSSR count). The van der Waals surface area contributed by atoms with Gasteiger partial charge in [0.25, 0.3) is 0 Å². The second kappa shape index (κ2) is 11.4. The highest BCUT2D eigenvalue weighted by atomic mass is 79.9. The Kier molecular flexibility index (Phi) is 8.90. The van der Waals surface area contributed by atoms with E-state index in [4.69, 9.17) is 37.4 Å². The van der Waals surface area contributed by atoms with Crippen LogP contribution < -0.4 is 14.8 Å². The molecule has 0 spiro atoms. The minimum atomic E-state index is 0.372. The van der Waals surface area contributed by atoms with E-state index in [0.717, 1.165) is 61.5 Å². The van der Waals surface area contributed by atoms with Crippen molar-refractivity contribution in [2.45, 2.75) is 13.2 Å². The van der Waals surface area contributed by atoms with E-state index < -0.39 is 0 Å². The molecular weight excluding hydrogens is 479 g/mol. The van der Waals surface area contributed by atoms with Crippen molar-refractivity contribution >= 4 is 39.1 Å². The fourth-order valence-electron chi connectivity index (χ4n) is 3.06. The Bertz CT molecular complexity index is 817. The molecule has 0 unspecified atom stereocenters. The molecule has 8 heteroatoms. The monoisotopic (exact) mass is 502 g/mol. The Labute approximate surface area is 190 Å². The molecule has 0 bridgehead atoms. The fraction of sp³-hybridized carbons (Fsp3) is 0.429. The lowest BCUT2D eigenvalue weighted by molar-refractivity contribution is 0.0384. The summed E-state index contributed by atoms with van der Waals surface area (Å²) in [7, 11) is 1.64. The third kappa shape index (κ3) is 6.74. The first-order valence-corrected chi connectivity index (χ1v) is 11.1. The first-order valence-electron chi connectivity index (χ1n) is 9.51. The number of hydrogen-bond donors (Lipinski definition) is 1. The number of ether oxygens (including phenoxy) is 3. The lowest BCUT2D eigenvalue weighted by atomic mass is 10.2. The number of benzene rings is 2. The van der Waals surface area contributed by atoms with Crippen LogP contribution in [0.4, 0.5) is 0 Å². The van der Waals surface area contributed by atoms with Crippen LogP contribution in [0.3, 0.4) is 0 Å². The van der Waals surface area contributed by atoms with Crippen molar-refractivity contribution in [3.8, 4) is 11.5 Å². The van der Waals surface area contributed by atoms with Crippen LogP contribution >= 0.6 is 39.1 Å². The normalized spacial score (nSPS) is 14.8. The Hall–Kier alpha value is -1.02. The number of nitrogens with zero attached hydrogens (tertiary/aromatic N) is 1. The van der Waals surface area contributed by atoms with Gasteiger partial charge in [0, 0.05) is 37.2 Å². The van der Waals surface area contributed by atoms with E-state index in [1.165, 1.54) is 0 Å². The van der Waals surface area contributed by atoms with Crippen molar-refractivity contribution in [2.24, 2.45) is 0 Å². The van der Waals surface area contributed by atoms with Crippen molar-refractivity contribution in [1.29, 1.82) is 0 Å². The molecule has 1 aliphatic heterocycles. The molecule has 1 aliphatic rings. The summed E-state index contributed by atoms with van der Waals surface area (Å²) >= 11 is 15.7. The molecule has 0 aromatic heterocycles. The maximum atomic E-state index is 6.07. The lowest BCUT2D eigenvalue weighted by Gasteiger charge is -2.26. The quantitative estimate of drug-likeness (QED) is 0.499. The molecule has 5 nitrogen and oxygen atoms in total. The van der Waals surface area contributed by atoms with Gasteiger partial charge in [-0.2, -0.15) is 0 Å². The topological polar surface area (TPSA) is 43.0 Å². The molecule has 2 aromatic rings. The number of morpholine rings is 1. The summed E-state index contributed by atoms with van der Waals surface area (Å²) in [5.41, 5.74) is 2.05. The molecule has 1 fully saturated rings. The Morgan fingerprint density at radius 3 is 2.62 bits per heavy atom. The molecule has 29 heavy (non-hydrogen) atoms. The smallest absolute Gasteiger partial charge is 0.162 e. The molecule has 0 amide bonds. The minimum absolute atomic E-state index is 0.372. The highest BCUT2D eigenvalue weighted by Gasteiger charge is 2.12. The highest BCUT2D eigenvalue weighted by molar-refractivity contribution is 9.10. The summed E-state index contributed by atoms with van der Waals surface area (Å²) < 4.78 is 17.8. The summed E-state index contributed by atoms with van der Waals surface area (Å²) in [4.78, 5) is 2.41. The Morgan fingerprint density at radius 1 is 1.10 bits per heavy atom. The SMILES string of the molecule is COc1cc(CNCCN2CCOCC2)c(Br)cc1OCc1ccc(Cl)c(Cl)c1. The van der Waals surface area contributed by atoms with Gasteiger partial charge in [0.15, 0.2) is 11.5 Å². The lowest BCUT2D eigenvalue weighted by Crippen LogP contribution is -2.40. The molecule has 1 saturated heterocycles. The summed E-state index contributed by atoms with van der Waals surface area (Å²) in [6.07, 6.45) is 0. The van der Waals surface area contributed by atoms with Gasteiger partial charge in [0.2, 0.25) is 0 Å². The molecule has 0 aliphatic carbocycles. The van der Waals surface area contributed by atoms with Gasteiger partial charge in [-0.25, -0.2) is 0 Å². The van der Waals surface area contributed by atoms with E-state index in [0.29, 0.717) is 28.2 Å². The van der Waals surface area contributed by atoms with Gasteiger partial charge in [0.1, 0.15) is 6.61 Å². The molecule has 0 saturated carbocycles. The zero-order valence-electron chi connectivity index (χ0n) is 16.3. The number of nitrogens with one attached hydrogen (secondary N) is 1. The van der Waals surface area contributed by atoms with Gasteiger partial charge in [-0.3, -0.25) is 4.90 Å². The van der Waals surface area contributed by atoms with E-state index in [-0.39, 0.29) is 0 Å². The predicted octanol–water partition coefficient (Wildman–Crippen LogP) is 4.77. The first kappa shape index (κ1) is 22.7. The van der Waals surface area contributed by atoms with Gasteiger partial charge >= 0.3 is 0 Å². The van der Waals surface area contributed by atoms with Crippen molar-refractivity contribution < 1.29 is 14.2 Å². The van der Waals surface area contributed by atoms with Gasteiger partial charge in [-0.1, -0.05) is 45.2 Å².